The number of carboxylic acid groups (broad SMARTS) is 1. The van der Waals surface area contributed by atoms with Gasteiger partial charge in [-0.1, -0.05) is 19.6 Å². The molecule has 0 saturated heterocycles. The van der Waals surface area contributed by atoms with Crippen molar-refractivity contribution in [3.8, 4) is 11.1 Å². The third-order valence-corrected chi connectivity index (χ3v) is 5.44. The van der Waals surface area contributed by atoms with Crippen molar-refractivity contribution >= 4 is 14.0 Å². The van der Waals surface area contributed by atoms with E-state index in [1.54, 1.807) is 0 Å². The van der Waals surface area contributed by atoms with Crippen LogP contribution in [-0.2, 0) is 17.6 Å². The molecule has 5 nitrogen and oxygen atoms in total. The maximum Gasteiger partial charge on any atom is 0.417 e. The number of carboxylic acids is 1. The van der Waals surface area contributed by atoms with Crippen LogP contribution in [0.1, 0.15) is 15.9 Å². The van der Waals surface area contributed by atoms with E-state index in [1.165, 1.54) is 17.1 Å². The van der Waals surface area contributed by atoms with E-state index in [0.29, 0.717) is 6.61 Å². The van der Waals surface area contributed by atoms with Crippen LogP contribution in [-0.4, -0.2) is 35.5 Å². The average molecular weight is 386 g/mol. The standard InChI is InChI=1S/C17H21F3N2O3Si/c1-26(2,3)7-6-25-11-22-10-13(9-21-22)14-8-12(16(23)24)4-5-15(14)17(18,19)20/h4-5,8-10H,6-7,11H2,1-3H3,(H,23,24). The number of carbonyl (C=O) groups is 1. The van der Waals surface area contributed by atoms with E-state index < -0.39 is 25.8 Å². The first kappa shape index (κ1) is 20.2. The van der Waals surface area contributed by atoms with E-state index in [9.17, 15) is 18.0 Å². The molecule has 0 unspecified atom stereocenters. The Balaban J connectivity index is 2.21. The lowest BCUT2D eigenvalue weighted by Crippen LogP contribution is -2.22. The third-order valence-electron chi connectivity index (χ3n) is 3.74. The zero-order valence-electron chi connectivity index (χ0n) is 14.8. The lowest BCUT2D eigenvalue weighted by atomic mass is 9.99. The summed E-state index contributed by atoms with van der Waals surface area (Å²) >= 11 is 0. The average Bonchev–Trinajstić information content (AvgIpc) is 2.98. The number of benzene rings is 1. The first-order chi connectivity index (χ1) is 12.0. The number of hydrogen-bond donors (Lipinski definition) is 1. The van der Waals surface area contributed by atoms with Crippen LogP contribution in [0.2, 0.25) is 25.7 Å². The van der Waals surface area contributed by atoms with Gasteiger partial charge in [0.1, 0.15) is 6.73 Å². The molecule has 0 aliphatic carbocycles. The molecule has 0 bridgehead atoms. The minimum absolute atomic E-state index is 0.129. The number of hydrogen-bond acceptors (Lipinski definition) is 3. The molecule has 2 rings (SSSR count). The monoisotopic (exact) mass is 386 g/mol. The van der Waals surface area contributed by atoms with Crippen LogP contribution in [0, 0.1) is 0 Å². The molecular formula is C17H21F3N2O3Si. The highest BCUT2D eigenvalue weighted by atomic mass is 28.3. The number of nitrogens with zero attached hydrogens (tertiary/aromatic N) is 2. The lowest BCUT2D eigenvalue weighted by Gasteiger charge is -2.15. The zero-order chi connectivity index (χ0) is 19.5. The molecule has 0 aliphatic heterocycles. The molecule has 26 heavy (non-hydrogen) atoms. The van der Waals surface area contributed by atoms with Gasteiger partial charge in [0.25, 0.3) is 0 Å². The van der Waals surface area contributed by atoms with E-state index in [0.717, 1.165) is 24.2 Å². The molecule has 0 saturated carbocycles. The van der Waals surface area contributed by atoms with Crippen molar-refractivity contribution in [2.75, 3.05) is 6.61 Å². The quantitative estimate of drug-likeness (QED) is 0.559. The van der Waals surface area contributed by atoms with Gasteiger partial charge in [0.2, 0.25) is 0 Å². The van der Waals surface area contributed by atoms with Gasteiger partial charge in [-0.3, -0.25) is 0 Å². The molecule has 0 aliphatic rings. The van der Waals surface area contributed by atoms with Gasteiger partial charge in [-0.15, -0.1) is 0 Å². The van der Waals surface area contributed by atoms with Crippen molar-refractivity contribution in [2.24, 2.45) is 0 Å². The fourth-order valence-electron chi connectivity index (χ4n) is 2.27. The zero-order valence-corrected chi connectivity index (χ0v) is 15.8. The molecule has 0 radical (unpaired) electrons. The Hall–Kier alpha value is -2.13. The smallest absolute Gasteiger partial charge is 0.417 e. The molecule has 2 aromatic rings. The number of aromatic carboxylic acids is 1. The second kappa shape index (κ2) is 7.63. The van der Waals surface area contributed by atoms with Crippen molar-refractivity contribution in [3.05, 3.63) is 41.7 Å². The summed E-state index contributed by atoms with van der Waals surface area (Å²) in [6, 6.07) is 3.71. The number of halogens is 3. The van der Waals surface area contributed by atoms with Gasteiger partial charge in [-0.2, -0.15) is 18.3 Å². The van der Waals surface area contributed by atoms with Crippen molar-refractivity contribution in [1.82, 2.24) is 9.78 Å². The largest absolute Gasteiger partial charge is 0.478 e. The van der Waals surface area contributed by atoms with Gasteiger partial charge in [-0.05, 0) is 29.8 Å². The molecule has 1 N–H and O–H groups in total. The maximum atomic E-state index is 13.2. The molecule has 1 aromatic heterocycles. The highest BCUT2D eigenvalue weighted by Gasteiger charge is 2.34. The topological polar surface area (TPSA) is 64.3 Å². The van der Waals surface area contributed by atoms with Crippen molar-refractivity contribution in [2.45, 2.75) is 38.6 Å². The predicted molar refractivity (Wildman–Crippen MR) is 93.7 cm³/mol. The van der Waals surface area contributed by atoms with Crippen molar-refractivity contribution < 1.29 is 27.8 Å². The van der Waals surface area contributed by atoms with Crippen LogP contribution in [0.3, 0.4) is 0 Å². The molecule has 0 spiro atoms. The SMILES string of the molecule is C[Si](C)(C)CCOCn1cc(-c2cc(C(=O)O)ccc2C(F)(F)F)cn1. The van der Waals surface area contributed by atoms with Crippen LogP contribution < -0.4 is 0 Å². The van der Waals surface area contributed by atoms with E-state index in [4.69, 9.17) is 9.84 Å². The van der Waals surface area contributed by atoms with Gasteiger partial charge in [0, 0.05) is 26.4 Å². The minimum atomic E-state index is -4.59. The van der Waals surface area contributed by atoms with Gasteiger partial charge in [0.15, 0.2) is 0 Å². The van der Waals surface area contributed by atoms with E-state index in [1.807, 2.05) is 0 Å². The summed E-state index contributed by atoms with van der Waals surface area (Å²) in [5, 5.41) is 13.1. The number of ether oxygens (including phenoxy) is 1. The second-order valence-electron chi connectivity index (χ2n) is 7.18. The Labute approximate surface area is 150 Å². The van der Waals surface area contributed by atoms with Crippen LogP contribution in [0.25, 0.3) is 11.1 Å². The Kier molecular flexibility index (Phi) is 5.92. The predicted octanol–water partition coefficient (Wildman–Crippen LogP) is 4.58. The summed E-state index contributed by atoms with van der Waals surface area (Å²) in [6.45, 7) is 7.35. The van der Waals surface area contributed by atoms with Crippen molar-refractivity contribution in [1.29, 1.82) is 0 Å². The minimum Gasteiger partial charge on any atom is -0.478 e. The van der Waals surface area contributed by atoms with Crippen LogP contribution in [0.4, 0.5) is 13.2 Å². The summed E-state index contributed by atoms with van der Waals surface area (Å²) in [4.78, 5) is 11.1. The van der Waals surface area contributed by atoms with E-state index in [-0.39, 0.29) is 23.4 Å². The molecule has 1 heterocycles. The normalized spacial score (nSPS) is 12.4. The summed E-state index contributed by atoms with van der Waals surface area (Å²) < 4.78 is 46.6. The molecule has 0 amide bonds. The van der Waals surface area contributed by atoms with Crippen LogP contribution in [0.5, 0.6) is 0 Å². The third kappa shape index (κ3) is 5.43. The molecule has 9 heteroatoms. The maximum absolute atomic E-state index is 13.2. The van der Waals surface area contributed by atoms with E-state index in [2.05, 4.69) is 24.7 Å². The Bertz CT molecular complexity index is 782. The first-order valence-electron chi connectivity index (χ1n) is 8.02. The van der Waals surface area contributed by atoms with Crippen LogP contribution in [0.15, 0.2) is 30.6 Å². The van der Waals surface area contributed by atoms with Gasteiger partial charge < -0.3 is 9.84 Å². The van der Waals surface area contributed by atoms with Gasteiger partial charge >= 0.3 is 12.1 Å². The fourth-order valence-corrected chi connectivity index (χ4v) is 3.03. The Morgan fingerprint density at radius 1 is 1.31 bits per heavy atom. The number of aromatic nitrogens is 2. The summed E-state index contributed by atoms with van der Waals surface area (Å²) in [5.41, 5.74) is -1.14. The Morgan fingerprint density at radius 2 is 2.00 bits per heavy atom. The molecular weight excluding hydrogens is 365 g/mol. The van der Waals surface area contributed by atoms with Gasteiger partial charge in [-0.25, -0.2) is 9.48 Å². The van der Waals surface area contributed by atoms with Crippen LogP contribution >= 0.6 is 0 Å². The first-order valence-corrected chi connectivity index (χ1v) is 11.7. The second-order valence-corrected chi connectivity index (χ2v) is 12.8. The van der Waals surface area contributed by atoms with Gasteiger partial charge in [0.05, 0.1) is 17.3 Å². The van der Waals surface area contributed by atoms with E-state index >= 15 is 0 Å². The molecule has 0 atom stereocenters. The molecule has 0 fully saturated rings. The summed E-state index contributed by atoms with van der Waals surface area (Å²) in [6.07, 6.45) is -1.90. The lowest BCUT2D eigenvalue weighted by molar-refractivity contribution is -0.137. The highest BCUT2D eigenvalue weighted by molar-refractivity contribution is 6.76. The summed E-state index contributed by atoms with van der Waals surface area (Å²) in [7, 11) is -1.22. The molecule has 1 aromatic carbocycles. The summed E-state index contributed by atoms with van der Waals surface area (Å²) in [5.74, 6) is -1.29. The van der Waals surface area contributed by atoms with Crippen molar-refractivity contribution in [3.63, 3.8) is 0 Å². The highest BCUT2D eigenvalue weighted by Crippen LogP contribution is 2.37. The number of alkyl halides is 3. The number of rotatable bonds is 7. The fraction of sp³-hybridized carbons (Fsp3) is 0.412. The Morgan fingerprint density at radius 3 is 2.58 bits per heavy atom. The molecule has 142 valence electrons.